The Morgan fingerprint density at radius 3 is 2.38 bits per heavy atom. The number of rotatable bonds is 7. The number of amides is 1. The number of nitrogens with one attached hydrogen (secondary N) is 2. The van der Waals surface area contributed by atoms with Crippen molar-refractivity contribution in [3.05, 3.63) is 0 Å². The number of hydrogen-bond donors (Lipinski definition) is 3. The molecule has 96 valence electrons. The summed E-state index contributed by atoms with van der Waals surface area (Å²) in [7, 11) is 3.31. The second-order valence-electron chi connectivity index (χ2n) is 4.80. The summed E-state index contributed by atoms with van der Waals surface area (Å²) in [6.07, 6.45) is 0.490. The van der Waals surface area contributed by atoms with Crippen molar-refractivity contribution in [1.29, 1.82) is 0 Å². The Kier molecular flexibility index (Phi) is 5.92. The fourth-order valence-corrected chi connectivity index (χ4v) is 1.02. The van der Waals surface area contributed by atoms with Gasteiger partial charge in [0.25, 0.3) is 0 Å². The third-order valence-corrected chi connectivity index (χ3v) is 2.67. The van der Waals surface area contributed by atoms with Gasteiger partial charge in [0.05, 0.1) is 11.1 Å². The Morgan fingerprint density at radius 2 is 1.94 bits per heavy atom. The number of aliphatic hydroxyl groups is 1. The highest BCUT2D eigenvalue weighted by Gasteiger charge is 2.28. The molecule has 1 amide bonds. The molecule has 3 N–H and O–H groups in total. The maximum atomic E-state index is 11.7. The lowest BCUT2D eigenvalue weighted by atomic mass is 10.0. The molecule has 0 aromatic rings. The SMILES string of the molecule is CNC(C)(C)C(=O)NCC(C)(O)CCOC. The van der Waals surface area contributed by atoms with E-state index < -0.39 is 11.1 Å². The molecule has 0 heterocycles. The van der Waals surface area contributed by atoms with Crippen molar-refractivity contribution in [2.45, 2.75) is 38.3 Å². The third-order valence-electron chi connectivity index (χ3n) is 2.67. The molecule has 16 heavy (non-hydrogen) atoms. The second-order valence-corrected chi connectivity index (χ2v) is 4.80. The van der Waals surface area contributed by atoms with E-state index in [0.717, 1.165) is 0 Å². The van der Waals surface area contributed by atoms with E-state index in [-0.39, 0.29) is 12.5 Å². The summed E-state index contributed by atoms with van der Waals surface area (Å²) in [6, 6.07) is 0. The van der Waals surface area contributed by atoms with Crippen molar-refractivity contribution < 1.29 is 14.6 Å². The Bertz CT molecular complexity index is 227. The van der Waals surface area contributed by atoms with Gasteiger partial charge < -0.3 is 20.5 Å². The first-order valence-corrected chi connectivity index (χ1v) is 5.44. The number of carbonyl (C=O) groups excluding carboxylic acids is 1. The number of likely N-dealkylation sites (N-methyl/N-ethyl adjacent to an activating group) is 1. The van der Waals surface area contributed by atoms with Crippen LogP contribution in [0.1, 0.15) is 27.2 Å². The van der Waals surface area contributed by atoms with E-state index in [0.29, 0.717) is 13.0 Å². The highest BCUT2D eigenvalue weighted by Crippen LogP contribution is 2.08. The zero-order chi connectivity index (χ0) is 12.8. The normalized spacial score (nSPS) is 15.6. The number of hydrogen-bond acceptors (Lipinski definition) is 4. The molecule has 0 rings (SSSR count). The molecule has 0 aliphatic heterocycles. The Morgan fingerprint density at radius 1 is 1.38 bits per heavy atom. The van der Waals surface area contributed by atoms with Gasteiger partial charge in [-0.2, -0.15) is 0 Å². The van der Waals surface area contributed by atoms with Crippen molar-refractivity contribution in [1.82, 2.24) is 10.6 Å². The minimum absolute atomic E-state index is 0.132. The smallest absolute Gasteiger partial charge is 0.239 e. The molecule has 0 fully saturated rings. The monoisotopic (exact) mass is 232 g/mol. The molecule has 0 radical (unpaired) electrons. The van der Waals surface area contributed by atoms with Gasteiger partial charge in [-0.1, -0.05) is 0 Å². The van der Waals surface area contributed by atoms with Crippen LogP contribution in [0.4, 0.5) is 0 Å². The van der Waals surface area contributed by atoms with Crippen LogP contribution >= 0.6 is 0 Å². The third kappa shape index (κ3) is 5.44. The predicted molar refractivity (Wildman–Crippen MR) is 63.3 cm³/mol. The summed E-state index contributed by atoms with van der Waals surface area (Å²) in [5.74, 6) is -0.132. The molecule has 1 atom stereocenters. The highest BCUT2D eigenvalue weighted by molar-refractivity contribution is 5.85. The van der Waals surface area contributed by atoms with Crippen LogP contribution < -0.4 is 10.6 Å². The molecule has 0 aliphatic carbocycles. The van der Waals surface area contributed by atoms with Gasteiger partial charge in [0.2, 0.25) is 5.91 Å². The topological polar surface area (TPSA) is 70.6 Å². The lowest BCUT2D eigenvalue weighted by Gasteiger charge is -2.27. The molecule has 0 spiro atoms. The molecule has 0 aliphatic rings. The van der Waals surface area contributed by atoms with Crippen LogP contribution in [-0.4, -0.2) is 49.5 Å². The first-order valence-electron chi connectivity index (χ1n) is 5.44. The van der Waals surface area contributed by atoms with Gasteiger partial charge >= 0.3 is 0 Å². The number of methoxy groups -OCH3 is 1. The van der Waals surface area contributed by atoms with Gasteiger partial charge in [-0.25, -0.2) is 0 Å². The van der Waals surface area contributed by atoms with E-state index in [9.17, 15) is 9.90 Å². The van der Waals surface area contributed by atoms with Gasteiger partial charge in [0.15, 0.2) is 0 Å². The van der Waals surface area contributed by atoms with Crippen LogP contribution in [0.15, 0.2) is 0 Å². The average Bonchev–Trinajstić information content (AvgIpc) is 2.23. The van der Waals surface area contributed by atoms with Gasteiger partial charge in [-0.15, -0.1) is 0 Å². The van der Waals surface area contributed by atoms with Crippen LogP contribution in [-0.2, 0) is 9.53 Å². The Labute approximate surface area is 97.6 Å². The van der Waals surface area contributed by atoms with Crippen LogP contribution in [0.25, 0.3) is 0 Å². The number of ether oxygens (including phenoxy) is 1. The summed E-state index contributed by atoms with van der Waals surface area (Å²) < 4.78 is 4.89. The van der Waals surface area contributed by atoms with E-state index in [1.54, 1.807) is 34.9 Å². The molecular weight excluding hydrogens is 208 g/mol. The van der Waals surface area contributed by atoms with Gasteiger partial charge in [0.1, 0.15) is 0 Å². The van der Waals surface area contributed by atoms with Crippen molar-refractivity contribution in [3.8, 4) is 0 Å². The molecule has 0 aromatic heterocycles. The maximum Gasteiger partial charge on any atom is 0.239 e. The standard InChI is InChI=1S/C11H24N2O3/c1-10(2,12-4)9(14)13-8-11(3,15)6-7-16-5/h12,15H,6-8H2,1-5H3,(H,13,14). The molecule has 0 saturated heterocycles. The summed E-state index contributed by atoms with van der Waals surface area (Å²) in [5, 5.41) is 15.5. The highest BCUT2D eigenvalue weighted by atomic mass is 16.5. The quantitative estimate of drug-likeness (QED) is 0.573. The van der Waals surface area contributed by atoms with Crippen molar-refractivity contribution in [3.63, 3.8) is 0 Å². The zero-order valence-corrected chi connectivity index (χ0v) is 10.9. The van der Waals surface area contributed by atoms with E-state index in [1.807, 2.05) is 0 Å². The zero-order valence-electron chi connectivity index (χ0n) is 10.9. The van der Waals surface area contributed by atoms with Crippen LogP contribution in [0, 0.1) is 0 Å². The first-order chi connectivity index (χ1) is 7.25. The van der Waals surface area contributed by atoms with Gasteiger partial charge in [0, 0.05) is 26.7 Å². The number of carbonyl (C=O) groups is 1. The Balaban J connectivity index is 4.09. The summed E-state index contributed by atoms with van der Waals surface area (Å²) >= 11 is 0. The van der Waals surface area contributed by atoms with E-state index in [1.165, 1.54) is 0 Å². The second kappa shape index (κ2) is 6.18. The van der Waals surface area contributed by atoms with E-state index >= 15 is 0 Å². The molecule has 0 aromatic carbocycles. The average molecular weight is 232 g/mol. The molecular formula is C11H24N2O3. The molecule has 5 nitrogen and oxygen atoms in total. The minimum atomic E-state index is -0.935. The Hall–Kier alpha value is -0.650. The summed E-state index contributed by atoms with van der Waals surface area (Å²) in [4.78, 5) is 11.7. The van der Waals surface area contributed by atoms with Crippen molar-refractivity contribution in [2.24, 2.45) is 0 Å². The van der Waals surface area contributed by atoms with Crippen molar-refractivity contribution in [2.75, 3.05) is 27.3 Å². The van der Waals surface area contributed by atoms with Crippen molar-refractivity contribution >= 4 is 5.91 Å². The van der Waals surface area contributed by atoms with Gasteiger partial charge in [-0.05, 0) is 27.8 Å². The fraction of sp³-hybridized carbons (Fsp3) is 0.909. The molecule has 1 unspecified atom stereocenters. The largest absolute Gasteiger partial charge is 0.388 e. The lowest BCUT2D eigenvalue weighted by Crippen LogP contribution is -2.54. The van der Waals surface area contributed by atoms with Crippen LogP contribution in [0.2, 0.25) is 0 Å². The first kappa shape index (κ1) is 15.3. The molecule has 0 saturated carbocycles. The lowest BCUT2D eigenvalue weighted by molar-refractivity contribution is -0.127. The predicted octanol–water partition coefficient (Wildman–Crippen LogP) is -0.112. The summed E-state index contributed by atoms with van der Waals surface area (Å²) in [6.45, 7) is 5.94. The molecule has 5 heteroatoms. The van der Waals surface area contributed by atoms with Gasteiger partial charge in [-0.3, -0.25) is 4.79 Å². The van der Waals surface area contributed by atoms with Crippen LogP contribution in [0.5, 0.6) is 0 Å². The summed E-state index contributed by atoms with van der Waals surface area (Å²) in [5.41, 5.74) is -1.56. The minimum Gasteiger partial charge on any atom is -0.388 e. The van der Waals surface area contributed by atoms with Crippen LogP contribution in [0.3, 0.4) is 0 Å². The fourth-order valence-electron chi connectivity index (χ4n) is 1.02. The molecule has 0 bridgehead atoms. The van der Waals surface area contributed by atoms with E-state index in [4.69, 9.17) is 4.74 Å². The van der Waals surface area contributed by atoms with E-state index in [2.05, 4.69) is 10.6 Å². The maximum absolute atomic E-state index is 11.7.